The first-order valence-corrected chi connectivity index (χ1v) is 16.9. The summed E-state index contributed by atoms with van der Waals surface area (Å²) in [6, 6.07) is 39.4. The van der Waals surface area contributed by atoms with Crippen molar-refractivity contribution in [3.05, 3.63) is 164 Å². The zero-order valence-corrected chi connectivity index (χ0v) is 27.1. The van der Waals surface area contributed by atoms with Crippen LogP contribution in [-0.2, 0) is 0 Å². The molecule has 3 heterocycles. The van der Waals surface area contributed by atoms with E-state index in [0.29, 0.717) is 48.9 Å². The second-order valence-electron chi connectivity index (χ2n) is 11.9. The summed E-state index contributed by atoms with van der Waals surface area (Å²) in [5.41, 5.74) is 5.88. The predicted molar refractivity (Wildman–Crippen MR) is 207 cm³/mol. The fraction of sp³-hybridized carbons (Fsp3) is 0. The van der Waals surface area contributed by atoms with Gasteiger partial charge < -0.3 is 4.42 Å². The maximum atomic E-state index is 9.60. The van der Waals surface area contributed by atoms with Crippen molar-refractivity contribution in [2.75, 3.05) is 0 Å². The Morgan fingerprint density at radius 3 is 1.98 bits per heavy atom. The Bertz CT molecular complexity index is 3220. The Labute approximate surface area is 300 Å². The molecule has 0 spiro atoms. The van der Waals surface area contributed by atoms with Gasteiger partial charge in [0.15, 0.2) is 17.5 Å². The number of fused-ring (bicyclic) bond motifs is 6. The van der Waals surface area contributed by atoms with Crippen LogP contribution in [0.4, 0.5) is 0 Å². The molecule has 234 valence electrons. The van der Waals surface area contributed by atoms with Crippen LogP contribution in [0.5, 0.6) is 0 Å². The van der Waals surface area contributed by atoms with Gasteiger partial charge in [-0.3, -0.25) is 0 Å². The van der Waals surface area contributed by atoms with Crippen molar-refractivity contribution < 1.29 is 12.6 Å². The van der Waals surface area contributed by atoms with E-state index in [4.69, 9.17) is 23.5 Å². The minimum Gasteiger partial charge on any atom is -0.456 e. The van der Waals surface area contributed by atoms with E-state index in [-0.39, 0.29) is 58.4 Å². The third-order valence-corrected chi connectivity index (χ3v) is 9.97. The molecule has 0 fully saturated rings. The first-order valence-electron chi connectivity index (χ1n) is 19.1. The lowest BCUT2D eigenvalue weighted by molar-refractivity contribution is 0.669. The maximum absolute atomic E-state index is 9.60. The van der Waals surface area contributed by atoms with Crippen LogP contribution < -0.4 is 0 Å². The minimum atomic E-state index is -0.283. The van der Waals surface area contributed by atoms with Crippen molar-refractivity contribution in [3.63, 3.8) is 0 Å². The van der Waals surface area contributed by atoms with Gasteiger partial charge in [0, 0.05) is 47.6 Å². The standard InChI is InChI=1S/C45H27N3OS/c1-3-11-28(12-4-1)30-15-9-16-31(25-30)34-18-10-19-38-37-24-22-33(27-41(37)50-42(34)38)45-47-43(29-13-5-2-6-14-29)46-44(48-45)32-21-23-36-35-17-7-8-20-39(35)49-40(36)26-32/h1-27H/i10D,18D,19D,22D,24D,27D. The quantitative estimate of drug-likeness (QED) is 0.184. The molecule has 4 nitrogen and oxygen atoms in total. The molecular weight excluding hydrogens is 631 g/mol. The largest absolute Gasteiger partial charge is 0.456 e. The molecule has 5 heteroatoms. The summed E-state index contributed by atoms with van der Waals surface area (Å²) in [6.45, 7) is 0. The molecular formula is C45H27N3OS. The van der Waals surface area contributed by atoms with E-state index in [9.17, 15) is 4.11 Å². The van der Waals surface area contributed by atoms with Gasteiger partial charge in [0.2, 0.25) is 0 Å². The van der Waals surface area contributed by atoms with Crippen molar-refractivity contribution in [2.45, 2.75) is 0 Å². The average Bonchev–Trinajstić information content (AvgIpc) is 3.82. The number of thiophene rings is 1. The summed E-state index contributed by atoms with van der Waals surface area (Å²) in [5, 5.41) is 2.45. The van der Waals surface area contributed by atoms with Crippen molar-refractivity contribution in [3.8, 4) is 56.4 Å². The van der Waals surface area contributed by atoms with Crippen LogP contribution in [-0.4, -0.2) is 15.0 Å². The number of furan rings is 1. The molecule has 10 aromatic rings. The zero-order chi connectivity index (χ0) is 38.2. The van der Waals surface area contributed by atoms with E-state index in [0.717, 1.165) is 27.5 Å². The highest BCUT2D eigenvalue weighted by atomic mass is 32.1. The Hall–Kier alpha value is -6.43. The first kappa shape index (κ1) is 23.0. The third kappa shape index (κ3) is 4.87. The monoisotopic (exact) mass is 663 g/mol. The molecule has 0 N–H and O–H groups in total. The van der Waals surface area contributed by atoms with Crippen LogP contribution in [0.1, 0.15) is 8.22 Å². The second kappa shape index (κ2) is 11.6. The number of nitrogens with zero attached hydrogens (tertiary/aromatic N) is 3. The topological polar surface area (TPSA) is 51.8 Å². The van der Waals surface area contributed by atoms with E-state index in [1.807, 2.05) is 127 Å². The van der Waals surface area contributed by atoms with Gasteiger partial charge in [-0.1, -0.05) is 133 Å². The molecule has 0 aliphatic heterocycles. The van der Waals surface area contributed by atoms with Gasteiger partial charge in [-0.2, -0.15) is 0 Å². The maximum Gasteiger partial charge on any atom is 0.164 e. The molecule has 7 aromatic carbocycles. The van der Waals surface area contributed by atoms with Crippen LogP contribution in [0.2, 0.25) is 0 Å². The van der Waals surface area contributed by atoms with Crippen molar-refractivity contribution in [1.82, 2.24) is 15.0 Å². The zero-order valence-electron chi connectivity index (χ0n) is 32.3. The van der Waals surface area contributed by atoms with Crippen LogP contribution in [0.25, 0.3) is 98.5 Å². The molecule has 0 aliphatic rings. The van der Waals surface area contributed by atoms with Gasteiger partial charge in [0.25, 0.3) is 0 Å². The number of para-hydroxylation sites is 1. The molecule has 0 bridgehead atoms. The minimum absolute atomic E-state index is 0.0519. The van der Waals surface area contributed by atoms with Crippen LogP contribution in [0, 0.1) is 0 Å². The second-order valence-corrected chi connectivity index (χ2v) is 13.0. The summed E-state index contributed by atoms with van der Waals surface area (Å²) in [4.78, 5) is 14.5. The summed E-state index contributed by atoms with van der Waals surface area (Å²) in [7, 11) is 0. The normalized spacial score (nSPS) is 13.3. The third-order valence-electron chi connectivity index (χ3n) is 8.85. The molecule has 0 radical (unpaired) electrons. The van der Waals surface area contributed by atoms with Gasteiger partial charge in [0.1, 0.15) is 11.2 Å². The molecule has 0 saturated carbocycles. The number of rotatable bonds is 5. The number of benzene rings is 7. The van der Waals surface area contributed by atoms with Gasteiger partial charge >= 0.3 is 0 Å². The highest BCUT2D eigenvalue weighted by molar-refractivity contribution is 7.26. The lowest BCUT2D eigenvalue weighted by atomic mass is 9.98. The Kier molecular flexibility index (Phi) is 5.35. The van der Waals surface area contributed by atoms with Crippen molar-refractivity contribution in [2.24, 2.45) is 0 Å². The van der Waals surface area contributed by atoms with E-state index in [1.54, 1.807) is 0 Å². The number of hydrogen-bond donors (Lipinski definition) is 0. The summed E-state index contributed by atoms with van der Waals surface area (Å²) in [6.07, 6.45) is 0. The SMILES string of the molecule is [2H]c1c([2H])c([2H])c2c(sc3c([2H])c(-c4nc(-c5ccccc5)nc(-c5ccc6c(c5)oc5ccccc56)n4)c([2H])c([2H])c32)c1-c1cccc(-c2ccccc2)c1. The smallest absolute Gasteiger partial charge is 0.164 e. The molecule has 0 amide bonds. The Morgan fingerprint density at radius 2 is 1.14 bits per heavy atom. The number of aromatic nitrogens is 3. The fourth-order valence-electron chi connectivity index (χ4n) is 6.41. The van der Waals surface area contributed by atoms with Crippen LogP contribution in [0.3, 0.4) is 0 Å². The lowest BCUT2D eigenvalue weighted by Crippen LogP contribution is -2.00. The molecule has 0 aliphatic carbocycles. The van der Waals surface area contributed by atoms with E-state index < -0.39 is 0 Å². The van der Waals surface area contributed by atoms with E-state index in [2.05, 4.69) is 0 Å². The van der Waals surface area contributed by atoms with Gasteiger partial charge in [-0.25, -0.2) is 15.0 Å². The molecule has 10 rings (SSSR count). The predicted octanol–water partition coefficient (Wildman–Crippen LogP) is 12.5. The van der Waals surface area contributed by atoms with E-state index >= 15 is 0 Å². The molecule has 0 atom stereocenters. The van der Waals surface area contributed by atoms with E-state index in [1.165, 1.54) is 11.3 Å². The highest BCUT2D eigenvalue weighted by Crippen LogP contribution is 2.42. The number of hydrogen-bond acceptors (Lipinski definition) is 5. The Balaban J connectivity index is 1.21. The van der Waals surface area contributed by atoms with Crippen LogP contribution in [0.15, 0.2) is 168 Å². The van der Waals surface area contributed by atoms with Gasteiger partial charge in [-0.15, -0.1) is 11.3 Å². The average molecular weight is 664 g/mol. The fourth-order valence-corrected chi connectivity index (χ4v) is 7.55. The molecule has 3 aromatic heterocycles. The van der Waals surface area contributed by atoms with Gasteiger partial charge in [0.05, 0.1) is 8.22 Å². The molecule has 50 heavy (non-hydrogen) atoms. The Morgan fingerprint density at radius 1 is 0.460 bits per heavy atom. The summed E-state index contributed by atoms with van der Waals surface area (Å²) >= 11 is 1.19. The molecule has 0 unspecified atom stereocenters. The van der Waals surface area contributed by atoms with Gasteiger partial charge in [-0.05, 0) is 52.6 Å². The lowest BCUT2D eigenvalue weighted by Gasteiger charge is -2.08. The highest BCUT2D eigenvalue weighted by Gasteiger charge is 2.17. The summed E-state index contributed by atoms with van der Waals surface area (Å²) in [5.74, 6) is 0.708. The summed E-state index contributed by atoms with van der Waals surface area (Å²) < 4.78 is 62.2. The van der Waals surface area contributed by atoms with Crippen LogP contribution >= 0.6 is 11.3 Å². The van der Waals surface area contributed by atoms with Crippen molar-refractivity contribution in [1.29, 1.82) is 0 Å². The first-order chi connectivity index (χ1) is 27.3. The van der Waals surface area contributed by atoms with Crippen molar-refractivity contribution >= 4 is 53.4 Å². The molecule has 0 saturated heterocycles.